The van der Waals surface area contributed by atoms with Gasteiger partial charge in [0.25, 0.3) is 0 Å². The molecule has 0 aromatic heterocycles. The number of carbonyl (C=O) groups is 2. The van der Waals surface area contributed by atoms with E-state index in [2.05, 4.69) is 26.0 Å². The van der Waals surface area contributed by atoms with E-state index in [1.807, 2.05) is 0 Å². The molecular formula is C43H80O10. The highest BCUT2D eigenvalue weighted by molar-refractivity contribution is 5.70. The van der Waals surface area contributed by atoms with Gasteiger partial charge in [0.2, 0.25) is 0 Å². The van der Waals surface area contributed by atoms with Gasteiger partial charge in [-0.2, -0.15) is 0 Å². The number of ether oxygens (including phenoxy) is 4. The quantitative estimate of drug-likeness (QED) is 0.0277. The molecule has 1 aliphatic heterocycles. The van der Waals surface area contributed by atoms with Gasteiger partial charge in [0.05, 0.1) is 13.2 Å². The predicted octanol–water partition coefficient (Wildman–Crippen LogP) is 8.78. The number of unbranched alkanes of at least 4 members (excludes halogenated alkanes) is 23. The Balaban J connectivity index is 2.33. The maximum absolute atomic E-state index is 12.7. The van der Waals surface area contributed by atoms with Gasteiger partial charge in [0, 0.05) is 12.8 Å². The number of carbonyl (C=O) groups excluding carboxylic acids is 2. The number of aliphatic hydroxyl groups excluding tert-OH is 4. The molecule has 6 atom stereocenters. The van der Waals surface area contributed by atoms with Gasteiger partial charge >= 0.3 is 11.9 Å². The summed E-state index contributed by atoms with van der Waals surface area (Å²) in [4.78, 5) is 25.2. The summed E-state index contributed by atoms with van der Waals surface area (Å²) in [5.74, 6) is -0.809. The molecule has 4 N–H and O–H groups in total. The molecule has 0 radical (unpaired) electrons. The van der Waals surface area contributed by atoms with E-state index in [9.17, 15) is 30.0 Å². The number of hydrogen-bond donors (Lipinski definition) is 4. The standard InChI is InChI=1S/C43H80O10/c1-3-5-7-9-11-13-15-17-18-19-20-22-23-25-27-29-31-38(45)50-34-36(35-51-43-42(49)41(48)40(47)37(33-44)53-43)52-39(46)32-30-28-26-24-21-16-14-12-10-8-6-4-2/h12,14,36-37,40-44,47-49H,3-11,13,15-35H2,1-2H3/b14-12+/t36-,37-,40+,41?,42?,43-/m0/s1. The van der Waals surface area contributed by atoms with Crippen LogP contribution in [0.3, 0.4) is 0 Å². The van der Waals surface area contributed by atoms with Crippen molar-refractivity contribution < 1.29 is 49.0 Å². The third kappa shape index (κ3) is 26.8. The molecule has 0 aromatic rings. The van der Waals surface area contributed by atoms with E-state index in [0.717, 1.165) is 57.8 Å². The fourth-order valence-electron chi connectivity index (χ4n) is 6.65. The Morgan fingerprint density at radius 1 is 0.566 bits per heavy atom. The smallest absolute Gasteiger partial charge is 0.306 e. The van der Waals surface area contributed by atoms with Crippen LogP contribution in [0, 0.1) is 0 Å². The number of hydrogen-bond acceptors (Lipinski definition) is 10. The van der Waals surface area contributed by atoms with Crippen molar-refractivity contribution in [1.29, 1.82) is 0 Å². The minimum Gasteiger partial charge on any atom is -0.462 e. The Kier molecular flexibility index (Phi) is 32.6. The second kappa shape index (κ2) is 34.9. The summed E-state index contributed by atoms with van der Waals surface area (Å²) >= 11 is 0. The van der Waals surface area contributed by atoms with Gasteiger partial charge in [-0.05, 0) is 38.5 Å². The summed E-state index contributed by atoms with van der Waals surface area (Å²) in [6.45, 7) is 3.40. The third-order valence-electron chi connectivity index (χ3n) is 10.2. The number of esters is 2. The molecule has 0 aliphatic carbocycles. The molecule has 312 valence electrons. The normalized spacial score (nSPS) is 20.9. The summed E-state index contributed by atoms with van der Waals surface area (Å²) in [7, 11) is 0. The first-order chi connectivity index (χ1) is 25.8. The van der Waals surface area contributed by atoms with E-state index in [4.69, 9.17) is 18.9 Å². The van der Waals surface area contributed by atoms with Crippen molar-refractivity contribution in [2.24, 2.45) is 0 Å². The van der Waals surface area contributed by atoms with Crippen LogP contribution in [-0.4, -0.2) is 89.0 Å². The lowest BCUT2D eigenvalue weighted by molar-refractivity contribution is -0.305. The van der Waals surface area contributed by atoms with Crippen LogP contribution in [0.4, 0.5) is 0 Å². The lowest BCUT2D eigenvalue weighted by Gasteiger charge is -2.39. The summed E-state index contributed by atoms with van der Waals surface area (Å²) < 4.78 is 22.1. The molecule has 0 bridgehead atoms. The van der Waals surface area contributed by atoms with E-state index >= 15 is 0 Å². The molecule has 10 nitrogen and oxygen atoms in total. The first-order valence-corrected chi connectivity index (χ1v) is 21.8. The molecule has 1 aliphatic rings. The van der Waals surface area contributed by atoms with Crippen LogP contribution in [-0.2, 0) is 28.5 Å². The lowest BCUT2D eigenvalue weighted by Crippen LogP contribution is -2.59. The second-order valence-electron chi connectivity index (χ2n) is 15.2. The van der Waals surface area contributed by atoms with Gasteiger partial charge in [-0.15, -0.1) is 0 Å². The maximum atomic E-state index is 12.7. The fraction of sp³-hybridized carbons (Fsp3) is 0.907. The maximum Gasteiger partial charge on any atom is 0.306 e. The molecule has 0 spiro atoms. The Morgan fingerprint density at radius 2 is 1.00 bits per heavy atom. The fourth-order valence-corrected chi connectivity index (χ4v) is 6.65. The average Bonchev–Trinajstić information content (AvgIpc) is 3.15. The Bertz CT molecular complexity index is 881. The minimum absolute atomic E-state index is 0.215. The molecule has 10 heteroatoms. The lowest BCUT2D eigenvalue weighted by atomic mass is 9.99. The average molecular weight is 757 g/mol. The van der Waals surface area contributed by atoms with Crippen LogP contribution < -0.4 is 0 Å². The molecular weight excluding hydrogens is 676 g/mol. The minimum atomic E-state index is -1.59. The van der Waals surface area contributed by atoms with Crippen LogP contribution >= 0.6 is 0 Å². The van der Waals surface area contributed by atoms with Crippen LogP contribution in [0.25, 0.3) is 0 Å². The SMILES string of the molecule is CCCCC/C=C/CCCCCCCC(=O)O[C@@H](COC(=O)CCCCCCCCCCCCCCCCCC)CO[C@H]1O[C@@H](CO)[C@@H](O)C(O)C1O. The third-order valence-corrected chi connectivity index (χ3v) is 10.2. The monoisotopic (exact) mass is 757 g/mol. The van der Waals surface area contributed by atoms with Crippen molar-refractivity contribution in [3.63, 3.8) is 0 Å². The number of allylic oxidation sites excluding steroid dienone is 2. The van der Waals surface area contributed by atoms with Gasteiger partial charge in [0.15, 0.2) is 12.4 Å². The van der Waals surface area contributed by atoms with Gasteiger partial charge in [-0.3, -0.25) is 9.59 Å². The molecule has 1 heterocycles. The van der Waals surface area contributed by atoms with Crippen molar-refractivity contribution in [1.82, 2.24) is 0 Å². The van der Waals surface area contributed by atoms with Crippen molar-refractivity contribution in [2.45, 2.75) is 230 Å². The summed E-state index contributed by atoms with van der Waals surface area (Å²) in [6, 6.07) is 0. The first-order valence-electron chi connectivity index (χ1n) is 21.8. The Morgan fingerprint density at radius 3 is 1.51 bits per heavy atom. The highest BCUT2D eigenvalue weighted by atomic mass is 16.7. The molecule has 1 fully saturated rings. The molecule has 1 rings (SSSR count). The first kappa shape index (κ1) is 49.5. The molecule has 0 amide bonds. The molecule has 2 unspecified atom stereocenters. The van der Waals surface area contributed by atoms with Crippen LogP contribution in [0.1, 0.15) is 194 Å². The van der Waals surface area contributed by atoms with E-state index in [1.165, 1.54) is 103 Å². The zero-order valence-corrected chi connectivity index (χ0v) is 33.8. The number of rotatable bonds is 36. The summed E-state index contributed by atoms with van der Waals surface area (Å²) in [5.41, 5.74) is 0. The van der Waals surface area contributed by atoms with Crippen molar-refractivity contribution in [2.75, 3.05) is 19.8 Å². The topological polar surface area (TPSA) is 152 Å². The van der Waals surface area contributed by atoms with Crippen molar-refractivity contribution in [3.8, 4) is 0 Å². The molecule has 53 heavy (non-hydrogen) atoms. The van der Waals surface area contributed by atoms with Crippen LogP contribution in [0.2, 0.25) is 0 Å². The van der Waals surface area contributed by atoms with E-state index in [0.29, 0.717) is 6.42 Å². The molecule has 0 saturated carbocycles. The highest BCUT2D eigenvalue weighted by Gasteiger charge is 2.44. The second-order valence-corrected chi connectivity index (χ2v) is 15.2. The highest BCUT2D eigenvalue weighted by Crippen LogP contribution is 2.23. The van der Waals surface area contributed by atoms with Crippen molar-refractivity contribution >= 4 is 11.9 Å². The Labute approximate surface area is 322 Å². The van der Waals surface area contributed by atoms with Crippen LogP contribution in [0.5, 0.6) is 0 Å². The summed E-state index contributed by atoms with van der Waals surface area (Å²) in [5, 5.41) is 40.0. The zero-order chi connectivity index (χ0) is 38.8. The van der Waals surface area contributed by atoms with Gasteiger partial charge < -0.3 is 39.4 Å². The van der Waals surface area contributed by atoms with Gasteiger partial charge in [-0.25, -0.2) is 0 Å². The predicted molar refractivity (Wildman–Crippen MR) is 210 cm³/mol. The van der Waals surface area contributed by atoms with Crippen LogP contribution in [0.15, 0.2) is 12.2 Å². The van der Waals surface area contributed by atoms with E-state index < -0.39 is 49.4 Å². The largest absolute Gasteiger partial charge is 0.462 e. The van der Waals surface area contributed by atoms with E-state index in [-0.39, 0.29) is 32.0 Å². The van der Waals surface area contributed by atoms with Gasteiger partial charge in [0.1, 0.15) is 31.0 Å². The van der Waals surface area contributed by atoms with Gasteiger partial charge in [-0.1, -0.05) is 154 Å². The zero-order valence-electron chi connectivity index (χ0n) is 33.8. The van der Waals surface area contributed by atoms with E-state index in [1.54, 1.807) is 0 Å². The molecule has 0 aromatic carbocycles. The number of aliphatic hydroxyl groups is 4. The Hall–Kier alpha value is -1.56. The molecule has 1 saturated heterocycles. The summed E-state index contributed by atoms with van der Waals surface area (Å²) in [6.07, 6.45) is 27.9. The van der Waals surface area contributed by atoms with Crippen molar-refractivity contribution in [3.05, 3.63) is 12.2 Å².